The number of nitrogen functional groups attached to an aromatic ring is 1. The molecule has 0 aliphatic carbocycles. The van der Waals surface area contributed by atoms with Crippen LogP contribution in [-0.4, -0.2) is 9.97 Å². The van der Waals surface area contributed by atoms with Gasteiger partial charge in [-0.15, -0.1) is 0 Å². The Morgan fingerprint density at radius 1 is 0.826 bits per heavy atom. The molecule has 0 unspecified atom stereocenters. The van der Waals surface area contributed by atoms with Crippen LogP contribution in [0, 0.1) is 0 Å². The second-order valence-electron chi connectivity index (χ2n) is 4.71. The van der Waals surface area contributed by atoms with Gasteiger partial charge in [-0.3, -0.25) is 10.9 Å². The molecule has 23 heavy (non-hydrogen) atoms. The molecule has 3 aromatic rings. The molecule has 0 amide bonds. The number of aromatic nitrogens is 2. The summed E-state index contributed by atoms with van der Waals surface area (Å²) in [6.45, 7) is 0. The van der Waals surface area contributed by atoms with Gasteiger partial charge in [0, 0.05) is 4.47 Å². The lowest BCUT2D eigenvalue weighted by molar-refractivity contribution is 1.16. The molecule has 0 saturated heterocycles. The van der Waals surface area contributed by atoms with E-state index in [0.717, 1.165) is 15.8 Å². The highest BCUT2D eigenvalue weighted by Crippen LogP contribution is 2.29. The summed E-state index contributed by atoms with van der Waals surface area (Å²) in [6.07, 6.45) is 1.45. The third-order valence-corrected chi connectivity index (χ3v) is 3.80. The highest BCUT2D eigenvalue weighted by molar-refractivity contribution is 9.10. The number of nitrogens with two attached hydrogens (primary N) is 1. The molecule has 0 aliphatic heterocycles. The van der Waals surface area contributed by atoms with E-state index in [1.807, 2.05) is 54.6 Å². The zero-order valence-corrected chi connectivity index (χ0v) is 13.7. The van der Waals surface area contributed by atoms with Gasteiger partial charge in [-0.25, -0.2) is 9.97 Å². The van der Waals surface area contributed by atoms with Gasteiger partial charge in [-0.05, 0) is 40.2 Å². The van der Waals surface area contributed by atoms with Gasteiger partial charge < -0.3 is 11.1 Å². The minimum absolute atomic E-state index is 0.423. The van der Waals surface area contributed by atoms with Crippen LogP contribution >= 0.6 is 15.9 Å². The van der Waals surface area contributed by atoms with E-state index in [1.165, 1.54) is 6.33 Å². The average molecular weight is 371 g/mol. The SMILES string of the molecule is Nc1c(NNc2ccccc2)ncnc1Nc1ccccc1Br. The van der Waals surface area contributed by atoms with Gasteiger partial charge in [0.05, 0.1) is 11.4 Å². The van der Waals surface area contributed by atoms with Crippen LogP contribution in [0.15, 0.2) is 65.4 Å². The van der Waals surface area contributed by atoms with E-state index in [0.29, 0.717) is 17.3 Å². The number of para-hydroxylation sites is 2. The summed E-state index contributed by atoms with van der Waals surface area (Å²) in [5.74, 6) is 1.03. The molecule has 3 rings (SSSR count). The Labute approximate surface area is 142 Å². The van der Waals surface area contributed by atoms with E-state index in [1.54, 1.807) is 0 Å². The lowest BCUT2D eigenvalue weighted by atomic mass is 10.3. The zero-order valence-electron chi connectivity index (χ0n) is 12.1. The number of benzene rings is 2. The molecular formula is C16H15BrN6. The topological polar surface area (TPSA) is 87.9 Å². The van der Waals surface area contributed by atoms with Crippen molar-refractivity contribution in [2.24, 2.45) is 0 Å². The van der Waals surface area contributed by atoms with Crippen molar-refractivity contribution >= 4 is 44.6 Å². The number of hydrogen-bond donors (Lipinski definition) is 4. The first-order chi connectivity index (χ1) is 11.2. The van der Waals surface area contributed by atoms with Crippen molar-refractivity contribution in [2.75, 3.05) is 21.9 Å². The first kappa shape index (κ1) is 15.1. The van der Waals surface area contributed by atoms with Crippen LogP contribution in [-0.2, 0) is 0 Å². The van der Waals surface area contributed by atoms with Gasteiger partial charge in [0.25, 0.3) is 0 Å². The number of halogens is 1. The molecule has 6 nitrogen and oxygen atoms in total. The van der Waals surface area contributed by atoms with Gasteiger partial charge in [-0.1, -0.05) is 30.3 Å². The minimum atomic E-state index is 0.423. The summed E-state index contributed by atoms with van der Waals surface area (Å²) in [6, 6.07) is 17.4. The predicted octanol–water partition coefficient (Wildman–Crippen LogP) is 4.00. The summed E-state index contributed by atoms with van der Waals surface area (Å²) in [7, 11) is 0. The minimum Gasteiger partial charge on any atom is -0.393 e. The Hall–Kier alpha value is -2.80. The number of nitrogens with zero attached hydrogens (tertiary/aromatic N) is 2. The van der Waals surface area contributed by atoms with Crippen molar-refractivity contribution in [1.82, 2.24) is 9.97 Å². The van der Waals surface area contributed by atoms with E-state index < -0.39 is 0 Å². The van der Waals surface area contributed by atoms with Gasteiger partial charge in [-0.2, -0.15) is 0 Å². The zero-order chi connectivity index (χ0) is 16.1. The highest BCUT2D eigenvalue weighted by Gasteiger charge is 2.09. The summed E-state index contributed by atoms with van der Waals surface area (Å²) in [5, 5.41) is 3.19. The molecule has 0 saturated carbocycles. The largest absolute Gasteiger partial charge is 0.393 e. The quantitative estimate of drug-likeness (QED) is 0.507. The molecule has 0 aliphatic rings. The monoisotopic (exact) mass is 370 g/mol. The maximum absolute atomic E-state index is 6.14. The van der Waals surface area contributed by atoms with Crippen molar-refractivity contribution < 1.29 is 0 Å². The smallest absolute Gasteiger partial charge is 0.173 e. The second kappa shape index (κ2) is 6.97. The van der Waals surface area contributed by atoms with Crippen molar-refractivity contribution in [3.63, 3.8) is 0 Å². The molecule has 0 radical (unpaired) electrons. The van der Waals surface area contributed by atoms with Crippen molar-refractivity contribution in [3.05, 3.63) is 65.4 Å². The van der Waals surface area contributed by atoms with E-state index in [-0.39, 0.29) is 0 Å². The van der Waals surface area contributed by atoms with Crippen LogP contribution < -0.4 is 21.9 Å². The maximum Gasteiger partial charge on any atom is 0.173 e. The summed E-state index contributed by atoms with van der Waals surface area (Å²) < 4.78 is 0.926. The lowest BCUT2D eigenvalue weighted by Gasteiger charge is -2.14. The molecule has 0 bridgehead atoms. The third kappa shape index (κ3) is 3.70. The first-order valence-corrected chi connectivity index (χ1v) is 7.72. The maximum atomic E-state index is 6.14. The van der Waals surface area contributed by atoms with Gasteiger partial charge in [0.1, 0.15) is 12.0 Å². The van der Waals surface area contributed by atoms with Crippen molar-refractivity contribution in [3.8, 4) is 0 Å². The molecule has 0 fully saturated rings. The third-order valence-electron chi connectivity index (χ3n) is 3.11. The highest BCUT2D eigenvalue weighted by atomic mass is 79.9. The summed E-state index contributed by atoms with van der Waals surface area (Å²) >= 11 is 3.48. The normalized spacial score (nSPS) is 10.1. The van der Waals surface area contributed by atoms with E-state index in [2.05, 4.69) is 42.1 Å². The van der Waals surface area contributed by atoms with Crippen LogP contribution in [0.5, 0.6) is 0 Å². The number of rotatable bonds is 5. The Kier molecular flexibility index (Phi) is 4.58. The van der Waals surface area contributed by atoms with Crippen molar-refractivity contribution in [2.45, 2.75) is 0 Å². The van der Waals surface area contributed by atoms with E-state index in [9.17, 15) is 0 Å². The fourth-order valence-corrected chi connectivity index (χ4v) is 2.32. The van der Waals surface area contributed by atoms with Crippen LogP contribution in [0.2, 0.25) is 0 Å². The number of nitrogens with one attached hydrogen (secondary N) is 3. The Morgan fingerprint density at radius 3 is 2.30 bits per heavy atom. The Balaban J connectivity index is 1.77. The van der Waals surface area contributed by atoms with Crippen LogP contribution in [0.25, 0.3) is 0 Å². The van der Waals surface area contributed by atoms with Gasteiger partial charge in [0.2, 0.25) is 0 Å². The molecule has 2 aromatic carbocycles. The van der Waals surface area contributed by atoms with Crippen LogP contribution in [0.4, 0.5) is 28.7 Å². The van der Waals surface area contributed by atoms with Crippen LogP contribution in [0.1, 0.15) is 0 Å². The molecule has 0 spiro atoms. The molecule has 7 heteroatoms. The van der Waals surface area contributed by atoms with E-state index >= 15 is 0 Å². The predicted molar refractivity (Wildman–Crippen MR) is 97.6 cm³/mol. The Bertz CT molecular complexity index is 794. The lowest BCUT2D eigenvalue weighted by Crippen LogP contribution is -2.13. The van der Waals surface area contributed by atoms with E-state index in [4.69, 9.17) is 5.73 Å². The van der Waals surface area contributed by atoms with Gasteiger partial charge in [0.15, 0.2) is 11.6 Å². The molecule has 0 atom stereocenters. The van der Waals surface area contributed by atoms with Crippen molar-refractivity contribution in [1.29, 1.82) is 0 Å². The van der Waals surface area contributed by atoms with Crippen LogP contribution in [0.3, 0.4) is 0 Å². The second-order valence-corrected chi connectivity index (χ2v) is 5.56. The fraction of sp³-hybridized carbons (Fsp3) is 0. The molecule has 1 heterocycles. The number of anilines is 5. The van der Waals surface area contributed by atoms with Gasteiger partial charge >= 0.3 is 0 Å². The first-order valence-electron chi connectivity index (χ1n) is 6.93. The summed E-state index contributed by atoms with van der Waals surface area (Å²) in [5.41, 5.74) is 14.4. The fourth-order valence-electron chi connectivity index (χ4n) is 1.94. The number of hydrogen-bond acceptors (Lipinski definition) is 6. The number of hydrazine groups is 1. The molecular weight excluding hydrogens is 356 g/mol. The summed E-state index contributed by atoms with van der Waals surface area (Å²) in [4.78, 5) is 8.35. The average Bonchev–Trinajstić information content (AvgIpc) is 2.58. The molecule has 1 aromatic heterocycles. The Morgan fingerprint density at radius 2 is 1.52 bits per heavy atom. The standard InChI is InChI=1S/C16H15BrN6/c17-12-8-4-5-9-13(12)21-15-14(18)16(20-10-19-15)23-22-11-6-2-1-3-7-11/h1-10,22H,18H2,(H2,19,20,21,23). The molecule has 5 N–H and O–H groups in total. The molecule has 116 valence electrons.